The first-order chi connectivity index (χ1) is 8.82. The second kappa shape index (κ2) is 4.85. The smallest absolute Gasteiger partial charge is 0.238 e. The Morgan fingerprint density at radius 1 is 1.42 bits per heavy atom. The van der Waals surface area contributed by atoms with Gasteiger partial charge in [-0.3, -0.25) is 4.79 Å². The minimum Gasteiger partial charge on any atom is -0.398 e. The summed E-state index contributed by atoms with van der Waals surface area (Å²) in [6.45, 7) is 3.18. The maximum Gasteiger partial charge on any atom is 0.238 e. The van der Waals surface area contributed by atoms with Crippen molar-refractivity contribution in [2.24, 2.45) is 0 Å². The Labute approximate surface area is 113 Å². The molecule has 0 bridgehead atoms. The quantitative estimate of drug-likeness (QED) is 0.807. The first kappa shape index (κ1) is 13.9. The molecule has 1 saturated carbocycles. The summed E-state index contributed by atoms with van der Waals surface area (Å²) in [5.41, 5.74) is 6.69. The number of nitrogen functional groups attached to an aromatic ring is 1. The number of hydrogen-bond donors (Lipinski definition) is 2. The monoisotopic (exact) mass is 282 g/mol. The lowest BCUT2D eigenvalue weighted by atomic mass is 10.2. The molecule has 1 aliphatic rings. The maximum atomic E-state index is 12.4. The molecule has 1 amide bonds. The number of nitrogens with two attached hydrogens (primary N) is 1. The van der Waals surface area contributed by atoms with Crippen LogP contribution in [0.15, 0.2) is 23.1 Å². The van der Waals surface area contributed by atoms with Crippen LogP contribution in [0.3, 0.4) is 0 Å². The summed E-state index contributed by atoms with van der Waals surface area (Å²) < 4.78 is 24.8. The van der Waals surface area contributed by atoms with Crippen molar-refractivity contribution in [1.82, 2.24) is 5.32 Å². The van der Waals surface area contributed by atoms with Crippen LogP contribution in [-0.4, -0.2) is 25.6 Å². The number of carbonyl (C=O) groups is 1. The van der Waals surface area contributed by atoms with Gasteiger partial charge in [0.05, 0.1) is 10.6 Å². The van der Waals surface area contributed by atoms with E-state index in [1.165, 1.54) is 13.0 Å². The van der Waals surface area contributed by atoms with Gasteiger partial charge in [0, 0.05) is 6.04 Å². The van der Waals surface area contributed by atoms with Crippen LogP contribution >= 0.6 is 0 Å². The van der Waals surface area contributed by atoms with Crippen LogP contribution in [0, 0.1) is 6.92 Å². The van der Waals surface area contributed by atoms with E-state index in [0.29, 0.717) is 0 Å². The largest absolute Gasteiger partial charge is 0.398 e. The molecule has 1 aromatic carbocycles. The third kappa shape index (κ3) is 2.89. The molecule has 0 spiro atoms. The normalized spacial score (nSPS) is 16.9. The van der Waals surface area contributed by atoms with Crippen molar-refractivity contribution in [2.75, 3.05) is 5.73 Å². The summed E-state index contributed by atoms with van der Waals surface area (Å²) >= 11 is 0. The third-order valence-corrected chi connectivity index (χ3v) is 5.35. The predicted molar refractivity (Wildman–Crippen MR) is 73.4 cm³/mol. The highest BCUT2D eigenvalue weighted by Gasteiger charge is 2.34. The van der Waals surface area contributed by atoms with E-state index in [4.69, 9.17) is 5.73 Å². The number of carbonyl (C=O) groups excluding carboxylic acids is 1. The number of benzene rings is 1. The van der Waals surface area contributed by atoms with Crippen LogP contribution in [0.25, 0.3) is 0 Å². The first-order valence-electron chi connectivity index (χ1n) is 6.23. The SMILES string of the molecule is Cc1ccc(N)c(S(=O)(=O)C(C)C(=O)NC2CC2)c1. The molecule has 0 saturated heterocycles. The van der Waals surface area contributed by atoms with Gasteiger partial charge < -0.3 is 11.1 Å². The second-order valence-corrected chi connectivity index (χ2v) is 7.25. The van der Waals surface area contributed by atoms with Crippen LogP contribution in [0.2, 0.25) is 0 Å². The van der Waals surface area contributed by atoms with Crippen LogP contribution in [-0.2, 0) is 14.6 Å². The maximum absolute atomic E-state index is 12.4. The molecule has 3 N–H and O–H groups in total. The minimum absolute atomic E-state index is 0.0333. The molecular formula is C13H18N2O3S. The number of aryl methyl sites for hydroxylation is 1. The van der Waals surface area contributed by atoms with Gasteiger partial charge in [0.15, 0.2) is 9.84 Å². The lowest BCUT2D eigenvalue weighted by Crippen LogP contribution is -2.39. The van der Waals surface area contributed by atoms with Gasteiger partial charge in [-0.05, 0) is 44.4 Å². The molecule has 0 radical (unpaired) electrons. The number of hydrogen-bond acceptors (Lipinski definition) is 4. The Kier molecular flexibility index (Phi) is 3.54. The highest BCUT2D eigenvalue weighted by atomic mass is 32.2. The number of amides is 1. The average molecular weight is 282 g/mol. The Hall–Kier alpha value is -1.56. The molecule has 19 heavy (non-hydrogen) atoms. The van der Waals surface area contributed by atoms with E-state index in [9.17, 15) is 13.2 Å². The number of nitrogens with one attached hydrogen (secondary N) is 1. The summed E-state index contributed by atoms with van der Waals surface area (Å²) in [5, 5.41) is 1.58. The first-order valence-corrected chi connectivity index (χ1v) is 7.77. The van der Waals surface area contributed by atoms with E-state index in [2.05, 4.69) is 5.32 Å². The number of anilines is 1. The predicted octanol–water partition coefficient (Wildman–Crippen LogP) is 1.02. The van der Waals surface area contributed by atoms with Crippen LogP contribution in [0.5, 0.6) is 0 Å². The zero-order valence-corrected chi connectivity index (χ0v) is 11.8. The van der Waals surface area contributed by atoms with Gasteiger partial charge >= 0.3 is 0 Å². The Bertz CT molecular complexity index is 606. The van der Waals surface area contributed by atoms with E-state index >= 15 is 0 Å². The molecular weight excluding hydrogens is 264 g/mol. The molecule has 1 unspecified atom stereocenters. The summed E-state index contributed by atoms with van der Waals surface area (Å²) in [6, 6.07) is 4.93. The fraction of sp³-hybridized carbons (Fsp3) is 0.462. The lowest BCUT2D eigenvalue weighted by Gasteiger charge is -2.15. The zero-order valence-electron chi connectivity index (χ0n) is 11.0. The molecule has 0 aliphatic heterocycles. The fourth-order valence-electron chi connectivity index (χ4n) is 1.77. The highest BCUT2D eigenvalue weighted by molar-refractivity contribution is 7.93. The molecule has 0 heterocycles. The Balaban J connectivity index is 2.29. The molecule has 5 nitrogen and oxygen atoms in total. The van der Waals surface area contributed by atoms with Crippen LogP contribution < -0.4 is 11.1 Å². The van der Waals surface area contributed by atoms with Crippen molar-refractivity contribution in [1.29, 1.82) is 0 Å². The number of sulfone groups is 1. The van der Waals surface area contributed by atoms with Crippen molar-refractivity contribution in [3.8, 4) is 0 Å². The van der Waals surface area contributed by atoms with Gasteiger partial charge in [0.2, 0.25) is 5.91 Å². The standard InChI is InChI=1S/C13H18N2O3S/c1-8-3-6-11(14)12(7-8)19(17,18)9(2)13(16)15-10-4-5-10/h3,6-7,9-10H,4-5,14H2,1-2H3,(H,15,16). The van der Waals surface area contributed by atoms with Crippen molar-refractivity contribution < 1.29 is 13.2 Å². The molecule has 1 atom stereocenters. The van der Waals surface area contributed by atoms with Gasteiger partial charge in [-0.1, -0.05) is 6.07 Å². The molecule has 0 aromatic heterocycles. The van der Waals surface area contributed by atoms with E-state index < -0.39 is 21.0 Å². The van der Waals surface area contributed by atoms with Crippen molar-refractivity contribution in [3.05, 3.63) is 23.8 Å². The average Bonchev–Trinajstić information content (AvgIpc) is 3.14. The van der Waals surface area contributed by atoms with Gasteiger partial charge in [-0.15, -0.1) is 0 Å². The number of rotatable bonds is 4. The van der Waals surface area contributed by atoms with Crippen molar-refractivity contribution >= 4 is 21.4 Å². The van der Waals surface area contributed by atoms with Crippen LogP contribution in [0.1, 0.15) is 25.3 Å². The summed E-state index contributed by atoms with van der Waals surface area (Å²) in [7, 11) is -3.75. The Morgan fingerprint density at radius 2 is 2.05 bits per heavy atom. The molecule has 1 aromatic rings. The second-order valence-electron chi connectivity index (χ2n) is 5.01. The molecule has 6 heteroatoms. The molecule has 1 fully saturated rings. The van der Waals surface area contributed by atoms with Gasteiger partial charge in [-0.2, -0.15) is 0 Å². The molecule has 1 aliphatic carbocycles. The van der Waals surface area contributed by atoms with Crippen LogP contribution in [0.4, 0.5) is 5.69 Å². The van der Waals surface area contributed by atoms with Gasteiger partial charge in [0.25, 0.3) is 0 Å². The summed E-state index contributed by atoms with van der Waals surface area (Å²) in [4.78, 5) is 11.9. The van der Waals surface area contributed by atoms with Gasteiger partial charge in [-0.25, -0.2) is 8.42 Å². The van der Waals surface area contributed by atoms with E-state index in [0.717, 1.165) is 18.4 Å². The highest BCUT2D eigenvalue weighted by Crippen LogP contribution is 2.25. The zero-order chi connectivity index (χ0) is 14.2. The summed E-state index contributed by atoms with van der Waals surface area (Å²) in [6.07, 6.45) is 1.84. The van der Waals surface area contributed by atoms with E-state index in [1.54, 1.807) is 19.1 Å². The molecule has 104 valence electrons. The third-order valence-electron chi connectivity index (χ3n) is 3.23. The van der Waals surface area contributed by atoms with Crippen molar-refractivity contribution in [2.45, 2.75) is 42.9 Å². The lowest BCUT2D eigenvalue weighted by molar-refractivity contribution is -0.120. The summed E-state index contributed by atoms with van der Waals surface area (Å²) in [5.74, 6) is -0.455. The topological polar surface area (TPSA) is 89.3 Å². The van der Waals surface area contributed by atoms with E-state index in [1.807, 2.05) is 0 Å². The minimum atomic E-state index is -3.75. The Morgan fingerprint density at radius 3 is 2.63 bits per heavy atom. The van der Waals surface area contributed by atoms with E-state index in [-0.39, 0.29) is 16.6 Å². The fourth-order valence-corrected chi connectivity index (χ4v) is 3.24. The van der Waals surface area contributed by atoms with Gasteiger partial charge in [0.1, 0.15) is 5.25 Å². The molecule has 2 rings (SSSR count). The van der Waals surface area contributed by atoms with Crippen molar-refractivity contribution in [3.63, 3.8) is 0 Å².